The van der Waals surface area contributed by atoms with Crippen molar-refractivity contribution in [3.63, 3.8) is 0 Å². The van der Waals surface area contributed by atoms with Crippen LogP contribution in [0.5, 0.6) is 0 Å². The number of hydrogen-bond acceptors (Lipinski definition) is 5. The van der Waals surface area contributed by atoms with E-state index in [2.05, 4.69) is 9.80 Å². The fraction of sp³-hybridized carbons (Fsp3) is 0.941. The van der Waals surface area contributed by atoms with Crippen molar-refractivity contribution in [1.82, 2.24) is 14.7 Å². The summed E-state index contributed by atoms with van der Waals surface area (Å²) in [5, 5.41) is 10.8. The van der Waals surface area contributed by atoms with Crippen LogP contribution in [0.1, 0.15) is 32.1 Å². The number of hydrogen-bond donors (Lipinski definition) is 1. The summed E-state index contributed by atoms with van der Waals surface area (Å²) in [6, 6.07) is 0. The van der Waals surface area contributed by atoms with E-state index < -0.39 is 5.60 Å². The van der Waals surface area contributed by atoms with Gasteiger partial charge < -0.3 is 14.7 Å². The highest BCUT2D eigenvalue weighted by molar-refractivity contribution is 5.78. The average molecular weight is 325 g/mol. The van der Waals surface area contributed by atoms with E-state index >= 15 is 0 Å². The molecule has 3 saturated heterocycles. The van der Waals surface area contributed by atoms with Crippen LogP contribution in [0.4, 0.5) is 0 Å². The Morgan fingerprint density at radius 3 is 2.35 bits per heavy atom. The van der Waals surface area contributed by atoms with Crippen LogP contribution >= 0.6 is 0 Å². The molecule has 3 fully saturated rings. The number of β-amino-alcohol motifs (C(OH)–C–C–N with tert-alkyl or cyclic N) is 1. The summed E-state index contributed by atoms with van der Waals surface area (Å²) in [7, 11) is 0. The summed E-state index contributed by atoms with van der Waals surface area (Å²) >= 11 is 0. The van der Waals surface area contributed by atoms with Gasteiger partial charge in [0, 0.05) is 26.2 Å². The third kappa shape index (κ3) is 4.89. The van der Waals surface area contributed by atoms with Crippen LogP contribution in [0.3, 0.4) is 0 Å². The van der Waals surface area contributed by atoms with Crippen LogP contribution in [-0.2, 0) is 9.53 Å². The standard InChI is InChI=1S/C17H31N3O3/c21-16(13-18-6-3-1-2-4-7-18)20-8-5-17(22,15-20)14-19-9-11-23-12-10-19/h22H,1-15H2. The first kappa shape index (κ1) is 17.1. The Hall–Kier alpha value is -0.690. The largest absolute Gasteiger partial charge is 0.387 e. The predicted octanol–water partition coefficient (Wildman–Crippen LogP) is 0.158. The quantitative estimate of drug-likeness (QED) is 0.798. The van der Waals surface area contributed by atoms with Gasteiger partial charge in [-0.25, -0.2) is 0 Å². The normalized spacial score (nSPS) is 31.3. The summed E-state index contributed by atoms with van der Waals surface area (Å²) < 4.78 is 5.36. The molecule has 0 aromatic carbocycles. The summed E-state index contributed by atoms with van der Waals surface area (Å²) in [5.41, 5.74) is -0.744. The Bertz CT molecular complexity index is 393. The van der Waals surface area contributed by atoms with Crippen LogP contribution in [0.2, 0.25) is 0 Å². The van der Waals surface area contributed by atoms with E-state index in [0.717, 1.165) is 39.4 Å². The summed E-state index contributed by atoms with van der Waals surface area (Å²) in [6.45, 7) is 7.67. The van der Waals surface area contributed by atoms with E-state index in [1.54, 1.807) is 0 Å². The highest BCUT2D eigenvalue weighted by Gasteiger charge is 2.39. The number of likely N-dealkylation sites (tertiary alicyclic amines) is 2. The topological polar surface area (TPSA) is 56.2 Å². The SMILES string of the molecule is O=C(CN1CCCCCC1)N1CCC(O)(CN2CCOCC2)C1. The zero-order chi connectivity index (χ0) is 16.1. The van der Waals surface area contributed by atoms with E-state index in [1.165, 1.54) is 25.7 Å². The monoisotopic (exact) mass is 325 g/mol. The molecule has 3 rings (SSSR count). The zero-order valence-electron chi connectivity index (χ0n) is 14.2. The molecule has 3 heterocycles. The molecule has 0 saturated carbocycles. The molecule has 0 bridgehead atoms. The molecule has 23 heavy (non-hydrogen) atoms. The lowest BCUT2D eigenvalue weighted by molar-refractivity contribution is -0.132. The molecule has 0 spiro atoms. The first-order valence-electron chi connectivity index (χ1n) is 9.17. The fourth-order valence-corrected chi connectivity index (χ4v) is 3.96. The number of amides is 1. The number of carbonyl (C=O) groups is 1. The fourth-order valence-electron chi connectivity index (χ4n) is 3.96. The van der Waals surface area contributed by atoms with Gasteiger partial charge in [-0.05, 0) is 32.4 Å². The molecule has 0 aromatic heterocycles. The molecule has 0 radical (unpaired) electrons. The second-order valence-corrected chi connectivity index (χ2v) is 7.37. The first-order chi connectivity index (χ1) is 11.1. The third-order valence-electron chi connectivity index (χ3n) is 5.36. The van der Waals surface area contributed by atoms with Gasteiger partial charge in [-0.1, -0.05) is 12.8 Å². The van der Waals surface area contributed by atoms with Crippen LogP contribution in [0.25, 0.3) is 0 Å². The summed E-state index contributed by atoms with van der Waals surface area (Å²) in [5.74, 6) is 0.185. The van der Waals surface area contributed by atoms with Crippen molar-refractivity contribution < 1.29 is 14.6 Å². The zero-order valence-corrected chi connectivity index (χ0v) is 14.2. The van der Waals surface area contributed by atoms with Gasteiger partial charge in [0.2, 0.25) is 5.91 Å². The molecule has 1 N–H and O–H groups in total. The average Bonchev–Trinajstić information content (AvgIpc) is 2.76. The predicted molar refractivity (Wildman–Crippen MR) is 88.3 cm³/mol. The number of nitrogens with zero attached hydrogens (tertiary/aromatic N) is 3. The molecule has 0 aliphatic carbocycles. The second-order valence-electron chi connectivity index (χ2n) is 7.37. The molecular weight excluding hydrogens is 294 g/mol. The van der Waals surface area contributed by atoms with Gasteiger partial charge in [0.05, 0.1) is 31.9 Å². The molecular formula is C17H31N3O3. The van der Waals surface area contributed by atoms with Crippen molar-refractivity contribution in [2.45, 2.75) is 37.7 Å². The Labute approximate surface area is 139 Å². The maximum atomic E-state index is 12.5. The van der Waals surface area contributed by atoms with Crippen molar-refractivity contribution in [1.29, 1.82) is 0 Å². The summed E-state index contributed by atoms with van der Waals surface area (Å²) in [4.78, 5) is 19.0. The second kappa shape index (κ2) is 7.92. The van der Waals surface area contributed by atoms with Crippen molar-refractivity contribution in [3.8, 4) is 0 Å². The Morgan fingerprint density at radius 1 is 0.957 bits per heavy atom. The Kier molecular flexibility index (Phi) is 5.91. The van der Waals surface area contributed by atoms with Gasteiger partial charge >= 0.3 is 0 Å². The number of aliphatic hydroxyl groups is 1. The van der Waals surface area contributed by atoms with Gasteiger partial charge in [-0.2, -0.15) is 0 Å². The van der Waals surface area contributed by atoms with E-state index in [9.17, 15) is 9.90 Å². The van der Waals surface area contributed by atoms with Crippen LogP contribution in [-0.4, -0.2) is 96.9 Å². The minimum atomic E-state index is -0.744. The van der Waals surface area contributed by atoms with Gasteiger partial charge in [0.15, 0.2) is 0 Å². The molecule has 132 valence electrons. The van der Waals surface area contributed by atoms with Gasteiger partial charge in [0.1, 0.15) is 0 Å². The van der Waals surface area contributed by atoms with Gasteiger partial charge in [-0.15, -0.1) is 0 Å². The van der Waals surface area contributed by atoms with Crippen LogP contribution in [0.15, 0.2) is 0 Å². The lowest BCUT2D eigenvalue weighted by Crippen LogP contribution is -2.49. The van der Waals surface area contributed by atoms with E-state index in [4.69, 9.17) is 4.74 Å². The van der Waals surface area contributed by atoms with E-state index in [1.807, 2.05) is 4.90 Å². The molecule has 3 aliphatic rings. The number of morpholine rings is 1. The van der Waals surface area contributed by atoms with Crippen molar-refractivity contribution in [2.75, 3.05) is 65.6 Å². The minimum Gasteiger partial charge on any atom is -0.387 e. The van der Waals surface area contributed by atoms with E-state index in [-0.39, 0.29) is 5.91 Å². The van der Waals surface area contributed by atoms with Crippen LogP contribution in [0, 0.1) is 0 Å². The van der Waals surface area contributed by atoms with Crippen molar-refractivity contribution in [3.05, 3.63) is 0 Å². The maximum absolute atomic E-state index is 12.5. The molecule has 1 amide bonds. The molecule has 1 atom stereocenters. The molecule has 3 aliphatic heterocycles. The highest BCUT2D eigenvalue weighted by atomic mass is 16.5. The number of carbonyl (C=O) groups excluding carboxylic acids is 1. The molecule has 6 nitrogen and oxygen atoms in total. The lowest BCUT2D eigenvalue weighted by Gasteiger charge is -2.33. The maximum Gasteiger partial charge on any atom is 0.236 e. The minimum absolute atomic E-state index is 0.185. The molecule has 6 heteroatoms. The van der Waals surface area contributed by atoms with Crippen molar-refractivity contribution >= 4 is 5.91 Å². The lowest BCUT2D eigenvalue weighted by atomic mass is 10.0. The summed E-state index contributed by atoms with van der Waals surface area (Å²) in [6.07, 6.45) is 5.67. The highest BCUT2D eigenvalue weighted by Crippen LogP contribution is 2.23. The number of ether oxygens (including phenoxy) is 1. The third-order valence-corrected chi connectivity index (χ3v) is 5.36. The Balaban J connectivity index is 1.46. The van der Waals surface area contributed by atoms with E-state index in [0.29, 0.717) is 32.6 Å². The van der Waals surface area contributed by atoms with Gasteiger partial charge in [0.25, 0.3) is 0 Å². The first-order valence-corrected chi connectivity index (χ1v) is 9.17. The van der Waals surface area contributed by atoms with Gasteiger partial charge in [-0.3, -0.25) is 14.6 Å². The molecule has 1 unspecified atom stereocenters. The van der Waals surface area contributed by atoms with Crippen molar-refractivity contribution in [2.24, 2.45) is 0 Å². The smallest absolute Gasteiger partial charge is 0.236 e. The van der Waals surface area contributed by atoms with Crippen LogP contribution < -0.4 is 0 Å². The molecule has 0 aromatic rings. The number of rotatable bonds is 4. The Morgan fingerprint density at radius 2 is 1.65 bits per heavy atom.